The van der Waals surface area contributed by atoms with Crippen LogP contribution in [-0.4, -0.2) is 17.1 Å². The Morgan fingerprint density at radius 1 is 1.00 bits per heavy atom. The summed E-state index contributed by atoms with van der Waals surface area (Å²) in [5.41, 5.74) is 2.79. The summed E-state index contributed by atoms with van der Waals surface area (Å²) in [6.07, 6.45) is 0. The number of para-hydroxylation sites is 2. The number of hydrogen-bond acceptors (Lipinski definition) is 3. The molecule has 0 fully saturated rings. The van der Waals surface area contributed by atoms with E-state index in [1.165, 1.54) is 0 Å². The van der Waals surface area contributed by atoms with E-state index in [-0.39, 0.29) is 5.41 Å². The fraction of sp³-hybridized carbons (Fsp3) is 0.286. The van der Waals surface area contributed by atoms with E-state index in [4.69, 9.17) is 22.0 Å². The molecule has 142 valence electrons. The first-order chi connectivity index (χ1) is 12.8. The number of fused-ring (bicyclic) bond motifs is 1. The summed E-state index contributed by atoms with van der Waals surface area (Å²) in [5, 5.41) is 11.8. The van der Waals surface area contributed by atoms with Crippen molar-refractivity contribution >= 4 is 33.7 Å². The number of aromatic nitrogens is 1. The summed E-state index contributed by atoms with van der Waals surface area (Å²) in [6, 6.07) is 18.2. The molecule has 2 aromatic carbocycles. The third kappa shape index (κ3) is 5.94. The summed E-state index contributed by atoms with van der Waals surface area (Å²) in [7, 11) is 11.9. The Hall–Kier alpha value is -1.09. The fourth-order valence-electron chi connectivity index (χ4n) is 2.93. The summed E-state index contributed by atoms with van der Waals surface area (Å²) >= 11 is -0.826. The Morgan fingerprint density at radius 3 is 2.33 bits per heavy atom. The van der Waals surface area contributed by atoms with Gasteiger partial charge in [0, 0.05) is 24.5 Å². The van der Waals surface area contributed by atoms with Crippen LogP contribution in [-0.2, 0) is 32.8 Å². The molecule has 0 radical (unpaired) electrons. The van der Waals surface area contributed by atoms with Crippen LogP contribution in [0.15, 0.2) is 54.6 Å². The van der Waals surface area contributed by atoms with Gasteiger partial charge in [0.05, 0.1) is 5.52 Å². The van der Waals surface area contributed by atoms with Gasteiger partial charge in [-0.05, 0) is 29.2 Å². The zero-order valence-corrected chi connectivity index (χ0v) is 20.0. The second-order valence-electron chi connectivity index (χ2n) is 7.35. The monoisotopic (exact) mass is 480 g/mol. The van der Waals surface area contributed by atoms with E-state index in [2.05, 4.69) is 37.8 Å². The minimum atomic E-state index is -0.826. The van der Waals surface area contributed by atoms with E-state index in [1.54, 1.807) is 0 Å². The van der Waals surface area contributed by atoms with Crippen LogP contribution in [0.2, 0.25) is 0 Å². The van der Waals surface area contributed by atoms with Crippen molar-refractivity contribution < 1.29 is 26.0 Å². The number of halogens is 2. The molecule has 0 amide bonds. The third-order valence-corrected chi connectivity index (χ3v) is 4.31. The summed E-state index contributed by atoms with van der Waals surface area (Å²) < 4.78 is 0. The van der Waals surface area contributed by atoms with Crippen LogP contribution < -0.4 is 4.90 Å². The number of benzene rings is 2. The van der Waals surface area contributed by atoms with E-state index in [0.717, 1.165) is 27.8 Å². The Balaban J connectivity index is 0.000000817. The molecule has 1 N–H and O–H groups in total. The molecule has 0 spiro atoms. The van der Waals surface area contributed by atoms with Crippen molar-refractivity contribution in [2.45, 2.75) is 32.7 Å². The number of phenolic OH excluding ortho intramolecular Hbond substituents is 1. The first-order valence-corrected chi connectivity index (χ1v) is 15.0. The first kappa shape index (κ1) is 22.2. The van der Waals surface area contributed by atoms with Gasteiger partial charge in [-0.2, -0.15) is 0 Å². The standard InChI is InChI=1S/C21H24N2O.2ClH.Zr/c1-21(2,3)17-10-7-9-16(20(17)24)14-23(4)19-13-12-15-8-5-6-11-18(15)22-19;;;/h5-13,24H,14H2,1-4H3;2*1H;/q;;;+2/p-2. The van der Waals surface area contributed by atoms with Gasteiger partial charge in [-0.15, -0.1) is 0 Å². The molecule has 0 bridgehead atoms. The molecule has 27 heavy (non-hydrogen) atoms. The Labute approximate surface area is 180 Å². The van der Waals surface area contributed by atoms with Gasteiger partial charge in [0.15, 0.2) is 0 Å². The molecule has 3 nitrogen and oxygen atoms in total. The second kappa shape index (κ2) is 9.91. The number of pyridine rings is 1. The molecule has 0 unspecified atom stereocenters. The molecule has 0 saturated carbocycles. The number of hydrogen-bond donors (Lipinski definition) is 1. The Bertz CT molecular complexity index is 897. The molecule has 6 heteroatoms. The molecular formula is C21H24Cl2N2OZr. The summed E-state index contributed by atoms with van der Waals surface area (Å²) in [5.74, 6) is 1.28. The van der Waals surface area contributed by atoms with Gasteiger partial charge < -0.3 is 10.0 Å². The van der Waals surface area contributed by atoms with Crippen LogP contribution in [0.5, 0.6) is 5.75 Å². The molecule has 3 rings (SSSR count). The van der Waals surface area contributed by atoms with Crippen molar-refractivity contribution in [3.63, 3.8) is 0 Å². The van der Waals surface area contributed by atoms with E-state index in [0.29, 0.717) is 12.3 Å². The van der Waals surface area contributed by atoms with Gasteiger partial charge in [-0.1, -0.05) is 57.2 Å². The van der Waals surface area contributed by atoms with Gasteiger partial charge in [0.1, 0.15) is 11.6 Å². The van der Waals surface area contributed by atoms with Gasteiger partial charge in [-0.3, -0.25) is 0 Å². The Morgan fingerprint density at radius 2 is 1.67 bits per heavy atom. The van der Waals surface area contributed by atoms with Crippen molar-refractivity contribution in [1.29, 1.82) is 0 Å². The maximum atomic E-state index is 10.6. The zero-order valence-electron chi connectivity index (χ0n) is 16.0. The molecule has 0 aliphatic rings. The molecule has 0 saturated heterocycles. The molecule has 0 aliphatic carbocycles. The van der Waals surface area contributed by atoms with Crippen molar-refractivity contribution in [2.75, 3.05) is 11.9 Å². The molecule has 0 aliphatic heterocycles. The van der Waals surface area contributed by atoms with Crippen LogP contribution >= 0.6 is 17.0 Å². The number of anilines is 1. The second-order valence-corrected chi connectivity index (χ2v) is 11.1. The van der Waals surface area contributed by atoms with E-state index in [1.807, 2.05) is 49.5 Å². The van der Waals surface area contributed by atoms with Crippen molar-refractivity contribution in [3.8, 4) is 5.75 Å². The topological polar surface area (TPSA) is 36.4 Å². The average Bonchev–Trinajstić information content (AvgIpc) is 2.62. The first-order valence-electron chi connectivity index (χ1n) is 8.62. The Kier molecular flexibility index (Phi) is 8.15. The summed E-state index contributed by atoms with van der Waals surface area (Å²) in [6.45, 7) is 6.95. The van der Waals surface area contributed by atoms with Crippen LogP contribution in [0.4, 0.5) is 5.82 Å². The zero-order chi connectivity index (χ0) is 20.0. The normalized spacial score (nSPS) is 10.9. The SMILES string of the molecule is CN(Cc1cccc(C(C)(C)C)c1O)c1ccc2ccccc2n1.[Cl][Zr][Cl]. The van der Waals surface area contributed by atoms with Gasteiger partial charge in [0.2, 0.25) is 0 Å². The predicted molar refractivity (Wildman–Crippen MR) is 112 cm³/mol. The maximum absolute atomic E-state index is 10.6. The molecule has 1 aromatic heterocycles. The number of rotatable bonds is 3. The quantitative estimate of drug-likeness (QED) is 0.479. The van der Waals surface area contributed by atoms with Crippen LogP contribution in [0.3, 0.4) is 0 Å². The van der Waals surface area contributed by atoms with Gasteiger partial charge in [-0.25, -0.2) is 4.98 Å². The van der Waals surface area contributed by atoms with Crippen molar-refractivity contribution in [2.24, 2.45) is 0 Å². The van der Waals surface area contributed by atoms with Crippen molar-refractivity contribution in [1.82, 2.24) is 4.98 Å². The van der Waals surface area contributed by atoms with E-state index >= 15 is 0 Å². The number of phenols is 1. The average molecular weight is 483 g/mol. The van der Waals surface area contributed by atoms with Crippen LogP contribution in [0, 0.1) is 0 Å². The van der Waals surface area contributed by atoms with Gasteiger partial charge >= 0.3 is 37.9 Å². The summed E-state index contributed by atoms with van der Waals surface area (Å²) in [4.78, 5) is 6.78. The van der Waals surface area contributed by atoms with Crippen LogP contribution in [0.25, 0.3) is 10.9 Å². The van der Waals surface area contributed by atoms with E-state index < -0.39 is 20.8 Å². The minimum absolute atomic E-state index is 0.0835. The van der Waals surface area contributed by atoms with E-state index in [9.17, 15) is 5.11 Å². The predicted octanol–water partition coefficient (Wildman–Crippen LogP) is 6.25. The number of aromatic hydroxyl groups is 1. The van der Waals surface area contributed by atoms with Gasteiger partial charge in [0.25, 0.3) is 0 Å². The van der Waals surface area contributed by atoms with Crippen LogP contribution in [0.1, 0.15) is 31.9 Å². The molecule has 0 atom stereocenters. The van der Waals surface area contributed by atoms with Crippen molar-refractivity contribution in [3.05, 3.63) is 65.7 Å². The molecule has 3 aromatic rings. The molecular weight excluding hydrogens is 458 g/mol. The molecule has 1 heterocycles. The fourth-order valence-corrected chi connectivity index (χ4v) is 2.93. The third-order valence-electron chi connectivity index (χ3n) is 4.31. The number of nitrogens with zero attached hydrogens (tertiary/aromatic N) is 2.